The van der Waals surface area contributed by atoms with Gasteiger partial charge in [-0.05, 0) is 30.3 Å². The van der Waals surface area contributed by atoms with Gasteiger partial charge < -0.3 is 5.73 Å². The third kappa shape index (κ3) is 2.17. The second kappa shape index (κ2) is 4.24. The van der Waals surface area contributed by atoms with Crippen molar-refractivity contribution in [2.24, 2.45) is 11.7 Å². The monoisotopic (exact) mass is 159 g/mol. The largest absolute Gasteiger partial charge is 0.327 e. The molecule has 2 heteroatoms. The minimum atomic E-state index is 0.486. The second-order valence-electron chi connectivity index (χ2n) is 3.08. The predicted molar refractivity (Wildman–Crippen MR) is 48.3 cm³/mol. The van der Waals surface area contributed by atoms with Crippen molar-refractivity contribution in [1.82, 2.24) is 0 Å². The van der Waals surface area contributed by atoms with Crippen molar-refractivity contribution in [2.75, 3.05) is 11.5 Å². The van der Waals surface area contributed by atoms with E-state index in [2.05, 4.69) is 18.7 Å². The van der Waals surface area contributed by atoms with Gasteiger partial charge in [0.2, 0.25) is 0 Å². The molecule has 1 rings (SSSR count). The fourth-order valence-corrected chi connectivity index (χ4v) is 2.81. The van der Waals surface area contributed by atoms with Crippen molar-refractivity contribution < 1.29 is 0 Å². The molecule has 1 saturated heterocycles. The van der Waals surface area contributed by atoms with E-state index in [4.69, 9.17) is 5.73 Å². The van der Waals surface area contributed by atoms with Gasteiger partial charge in [0.1, 0.15) is 0 Å². The summed E-state index contributed by atoms with van der Waals surface area (Å²) in [4.78, 5) is 0. The van der Waals surface area contributed by atoms with E-state index in [1.807, 2.05) is 0 Å². The molecule has 0 amide bonds. The summed E-state index contributed by atoms with van der Waals surface area (Å²) in [6, 6.07) is 0.486. The average Bonchev–Trinajstić information content (AvgIpc) is 2.38. The lowest BCUT2D eigenvalue weighted by Gasteiger charge is -2.16. The van der Waals surface area contributed by atoms with Crippen LogP contribution in [-0.4, -0.2) is 17.5 Å². The lowest BCUT2D eigenvalue weighted by Crippen LogP contribution is -2.29. The maximum atomic E-state index is 5.98. The van der Waals surface area contributed by atoms with Crippen LogP contribution in [0.4, 0.5) is 0 Å². The van der Waals surface area contributed by atoms with Gasteiger partial charge in [0, 0.05) is 6.04 Å². The van der Waals surface area contributed by atoms with Crippen molar-refractivity contribution in [3.05, 3.63) is 0 Å². The Kier molecular flexibility index (Phi) is 3.57. The maximum Gasteiger partial charge on any atom is 0.00752 e. The molecule has 0 radical (unpaired) electrons. The molecule has 1 nitrogen and oxygen atoms in total. The molecule has 1 aliphatic rings. The molecular formula is C8H17NS. The molecule has 0 saturated carbocycles. The van der Waals surface area contributed by atoms with Gasteiger partial charge in [-0.2, -0.15) is 11.8 Å². The van der Waals surface area contributed by atoms with Gasteiger partial charge in [0.15, 0.2) is 0 Å². The van der Waals surface area contributed by atoms with Gasteiger partial charge in [-0.3, -0.25) is 0 Å². The van der Waals surface area contributed by atoms with Crippen molar-refractivity contribution in [3.63, 3.8) is 0 Å². The van der Waals surface area contributed by atoms with Gasteiger partial charge >= 0.3 is 0 Å². The first kappa shape index (κ1) is 8.41. The van der Waals surface area contributed by atoms with Gasteiger partial charge in [-0.25, -0.2) is 0 Å². The summed E-state index contributed by atoms with van der Waals surface area (Å²) in [5, 5.41) is 0. The number of nitrogens with two attached hydrogens (primary N) is 1. The van der Waals surface area contributed by atoms with E-state index >= 15 is 0 Å². The van der Waals surface area contributed by atoms with Crippen LogP contribution in [0.3, 0.4) is 0 Å². The summed E-state index contributed by atoms with van der Waals surface area (Å²) in [6.45, 7) is 2.21. The highest BCUT2D eigenvalue weighted by Gasteiger charge is 2.21. The molecule has 0 spiro atoms. The van der Waals surface area contributed by atoms with Crippen molar-refractivity contribution in [3.8, 4) is 0 Å². The quantitative estimate of drug-likeness (QED) is 0.680. The van der Waals surface area contributed by atoms with E-state index in [1.54, 1.807) is 0 Å². The molecule has 1 heterocycles. The Balaban J connectivity index is 2.18. The van der Waals surface area contributed by atoms with Crippen molar-refractivity contribution in [1.29, 1.82) is 0 Å². The topological polar surface area (TPSA) is 26.0 Å². The maximum absolute atomic E-state index is 5.98. The van der Waals surface area contributed by atoms with Crippen LogP contribution >= 0.6 is 11.8 Å². The molecule has 2 unspecified atom stereocenters. The molecule has 2 N–H and O–H groups in total. The molecule has 0 bridgehead atoms. The zero-order valence-electron chi connectivity index (χ0n) is 6.68. The molecule has 0 aromatic carbocycles. The van der Waals surface area contributed by atoms with E-state index in [0.29, 0.717) is 6.04 Å². The molecule has 1 aliphatic heterocycles. The zero-order valence-corrected chi connectivity index (χ0v) is 7.49. The van der Waals surface area contributed by atoms with Gasteiger partial charge in [0.05, 0.1) is 0 Å². The highest BCUT2D eigenvalue weighted by molar-refractivity contribution is 7.99. The summed E-state index contributed by atoms with van der Waals surface area (Å²) >= 11 is 2.06. The molecule has 0 aromatic heterocycles. The average molecular weight is 159 g/mol. The fourth-order valence-electron chi connectivity index (χ4n) is 1.46. The summed E-state index contributed by atoms with van der Waals surface area (Å²) in [7, 11) is 0. The minimum Gasteiger partial charge on any atom is -0.327 e. The van der Waals surface area contributed by atoms with Crippen LogP contribution in [0, 0.1) is 5.92 Å². The summed E-state index contributed by atoms with van der Waals surface area (Å²) in [6.07, 6.45) is 3.80. The minimum absolute atomic E-state index is 0.486. The van der Waals surface area contributed by atoms with Crippen LogP contribution in [0.5, 0.6) is 0 Å². The molecule has 10 heavy (non-hydrogen) atoms. The molecule has 0 aliphatic carbocycles. The van der Waals surface area contributed by atoms with Crippen LogP contribution in [0.2, 0.25) is 0 Å². The van der Waals surface area contributed by atoms with Gasteiger partial charge in [-0.1, -0.05) is 13.3 Å². The molecule has 2 atom stereocenters. The van der Waals surface area contributed by atoms with Crippen molar-refractivity contribution in [2.45, 2.75) is 32.2 Å². The van der Waals surface area contributed by atoms with Crippen molar-refractivity contribution >= 4 is 11.8 Å². The summed E-state index contributed by atoms with van der Waals surface area (Å²) in [5.74, 6) is 3.47. The standard InChI is InChI=1S/C8H17NS/c1-2-3-8(9)7-4-5-10-6-7/h7-8H,2-6,9H2,1H3. The van der Waals surface area contributed by atoms with Gasteiger partial charge in [-0.15, -0.1) is 0 Å². The third-order valence-electron chi connectivity index (χ3n) is 2.19. The van der Waals surface area contributed by atoms with E-state index in [1.165, 1.54) is 30.8 Å². The van der Waals surface area contributed by atoms with E-state index in [0.717, 1.165) is 5.92 Å². The Labute approximate surface area is 67.8 Å². The second-order valence-corrected chi connectivity index (χ2v) is 4.23. The van der Waals surface area contributed by atoms with E-state index in [-0.39, 0.29) is 0 Å². The first-order valence-electron chi connectivity index (χ1n) is 4.18. The molecule has 1 fully saturated rings. The Hall–Kier alpha value is 0.310. The van der Waals surface area contributed by atoms with Crippen LogP contribution in [0.15, 0.2) is 0 Å². The van der Waals surface area contributed by atoms with Crippen LogP contribution in [0.25, 0.3) is 0 Å². The predicted octanol–water partition coefficient (Wildman–Crippen LogP) is 1.87. The first-order chi connectivity index (χ1) is 4.84. The number of thioether (sulfide) groups is 1. The highest BCUT2D eigenvalue weighted by atomic mass is 32.2. The Bertz CT molecular complexity index is 89.3. The van der Waals surface area contributed by atoms with Crippen LogP contribution < -0.4 is 5.73 Å². The van der Waals surface area contributed by atoms with E-state index in [9.17, 15) is 0 Å². The lowest BCUT2D eigenvalue weighted by atomic mass is 9.96. The zero-order chi connectivity index (χ0) is 7.40. The SMILES string of the molecule is CCCC(N)C1CCSC1. The summed E-state index contributed by atoms with van der Waals surface area (Å²) in [5.41, 5.74) is 5.98. The van der Waals surface area contributed by atoms with E-state index < -0.39 is 0 Å². The summed E-state index contributed by atoms with van der Waals surface area (Å²) < 4.78 is 0. The Morgan fingerprint density at radius 1 is 1.70 bits per heavy atom. The first-order valence-corrected chi connectivity index (χ1v) is 5.33. The molecule has 0 aromatic rings. The number of hydrogen-bond acceptors (Lipinski definition) is 2. The van der Waals surface area contributed by atoms with Crippen LogP contribution in [0.1, 0.15) is 26.2 Å². The number of rotatable bonds is 3. The normalized spacial score (nSPS) is 28.8. The number of hydrogen-bond donors (Lipinski definition) is 1. The smallest absolute Gasteiger partial charge is 0.00752 e. The highest BCUT2D eigenvalue weighted by Crippen LogP contribution is 2.26. The molecule has 60 valence electrons. The van der Waals surface area contributed by atoms with Crippen LogP contribution in [-0.2, 0) is 0 Å². The molecular weight excluding hydrogens is 142 g/mol. The lowest BCUT2D eigenvalue weighted by molar-refractivity contribution is 0.436. The third-order valence-corrected chi connectivity index (χ3v) is 3.38. The van der Waals surface area contributed by atoms with Gasteiger partial charge in [0.25, 0.3) is 0 Å². The Morgan fingerprint density at radius 3 is 3.00 bits per heavy atom. The Morgan fingerprint density at radius 2 is 2.50 bits per heavy atom. The fraction of sp³-hybridized carbons (Fsp3) is 1.00.